The first-order valence-corrected chi connectivity index (χ1v) is 8.55. The molecule has 0 heterocycles. The maximum atomic E-state index is 13.0. The van der Waals surface area contributed by atoms with E-state index in [0.717, 1.165) is 31.1 Å². The topological polar surface area (TPSA) is 12.0 Å². The summed E-state index contributed by atoms with van der Waals surface area (Å²) in [5.41, 5.74) is 2.06. The van der Waals surface area contributed by atoms with Gasteiger partial charge in [0.15, 0.2) is 0 Å². The van der Waals surface area contributed by atoms with Crippen molar-refractivity contribution in [2.24, 2.45) is 0 Å². The minimum atomic E-state index is -0.213. The van der Waals surface area contributed by atoms with Crippen LogP contribution in [0.5, 0.6) is 0 Å². The quantitative estimate of drug-likeness (QED) is 0.531. The van der Waals surface area contributed by atoms with Gasteiger partial charge in [-0.05, 0) is 68.1 Å². The third kappa shape index (κ3) is 3.83. The number of rotatable bonds is 4. The van der Waals surface area contributed by atoms with Gasteiger partial charge in [-0.15, -0.1) is 0 Å². The highest BCUT2D eigenvalue weighted by Crippen LogP contribution is 2.37. The molecule has 0 aromatic heterocycles. The number of hydrogen-bond donors (Lipinski definition) is 1. The van der Waals surface area contributed by atoms with Crippen LogP contribution in [0, 0.1) is 5.82 Å². The maximum Gasteiger partial charge on any atom is 0.123 e. The van der Waals surface area contributed by atoms with Crippen molar-refractivity contribution in [2.75, 3.05) is 5.32 Å². The lowest BCUT2D eigenvalue weighted by atomic mass is 10.0. The largest absolute Gasteiger partial charge is 0.376 e. The minimum absolute atomic E-state index is 0.129. The van der Waals surface area contributed by atoms with Gasteiger partial charge in [0.05, 0.1) is 11.7 Å². The van der Waals surface area contributed by atoms with Gasteiger partial charge < -0.3 is 5.32 Å². The van der Waals surface area contributed by atoms with Crippen molar-refractivity contribution >= 4 is 53.5 Å². The molecule has 0 radical (unpaired) electrons. The van der Waals surface area contributed by atoms with E-state index in [2.05, 4.69) is 60.0 Å². The van der Waals surface area contributed by atoms with Gasteiger partial charge in [0.2, 0.25) is 0 Å². The minimum Gasteiger partial charge on any atom is -0.376 e. The lowest BCUT2D eigenvalue weighted by Gasteiger charge is -2.21. The molecule has 1 atom stereocenters. The Balaban J connectivity index is 2.29. The third-order valence-electron chi connectivity index (χ3n) is 3.01. The van der Waals surface area contributed by atoms with Crippen LogP contribution in [0.1, 0.15) is 24.9 Å². The van der Waals surface area contributed by atoms with Gasteiger partial charge in [0.1, 0.15) is 5.82 Å². The lowest BCUT2D eigenvalue weighted by molar-refractivity contribution is 0.625. The fraction of sp³-hybridized carbons (Fsp3) is 0.200. The van der Waals surface area contributed by atoms with Crippen molar-refractivity contribution in [1.29, 1.82) is 0 Å². The molecule has 5 heteroatoms. The molecule has 0 aliphatic heterocycles. The molecule has 0 aliphatic carbocycles. The molecule has 2 aromatic carbocycles. The van der Waals surface area contributed by atoms with E-state index in [-0.39, 0.29) is 11.9 Å². The smallest absolute Gasteiger partial charge is 0.123 e. The molecule has 0 spiro atoms. The van der Waals surface area contributed by atoms with Crippen LogP contribution in [0.3, 0.4) is 0 Å². The second-order valence-electron chi connectivity index (χ2n) is 4.40. The van der Waals surface area contributed by atoms with Gasteiger partial charge in [-0.1, -0.05) is 35.0 Å². The highest BCUT2D eigenvalue weighted by molar-refractivity contribution is 9.11. The van der Waals surface area contributed by atoms with Crippen molar-refractivity contribution in [2.45, 2.75) is 19.4 Å². The van der Waals surface area contributed by atoms with Crippen molar-refractivity contribution in [3.05, 3.63) is 61.2 Å². The summed E-state index contributed by atoms with van der Waals surface area (Å²) in [6, 6.07) is 10.7. The highest BCUT2D eigenvalue weighted by atomic mass is 79.9. The Hall–Kier alpha value is -0.390. The molecular weight excluding hydrogens is 453 g/mol. The van der Waals surface area contributed by atoms with Crippen LogP contribution in [0.2, 0.25) is 0 Å². The standard InChI is InChI=1S/C15H13Br3FN/c1-2-14(9-3-5-11(19)6-4-9)20-15-12(17)7-10(16)8-13(15)18/h3-8,14,20H,2H2,1H3. The first kappa shape index (κ1) is 16.0. The fourth-order valence-corrected chi connectivity index (χ4v) is 4.46. The number of benzene rings is 2. The van der Waals surface area contributed by atoms with E-state index in [0.29, 0.717) is 0 Å². The van der Waals surface area contributed by atoms with Crippen molar-refractivity contribution in [3.63, 3.8) is 0 Å². The SMILES string of the molecule is CCC(Nc1c(Br)cc(Br)cc1Br)c1ccc(F)cc1. The van der Waals surface area contributed by atoms with Gasteiger partial charge in [0.25, 0.3) is 0 Å². The summed E-state index contributed by atoms with van der Waals surface area (Å²) in [7, 11) is 0. The molecule has 0 bridgehead atoms. The van der Waals surface area contributed by atoms with E-state index in [1.54, 1.807) is 0 Å². The van der Waals surface area contributed by atoms with E-state index in [4.69, 9.17) is 0 Å². The zero-order valence-electron chi connectivity index (χ0n) is 10.8. The molecule has 106 valence electrons. The molecular formula is C15H13Br3FN. The van der Waals surface area contributed by atoms with Crippen LogP contribution >= 0.6 is 47.8 Å². The van der Waals surface area contributed by atoms with Crippen molar-refractivity contribution in [3.8, 4) is 0 Å². The Morgan fingerprint density at radius 3 is 2.10 bits per heavy atom. The normalized spacial score (nSPS) is 12.2. The molecule has 1 N–H and O–H groups in total. The number of nitrogens with one attached hydrogen (secondary N) is 1. The Morgan fingerprint density at radius 1 is 1.05 bits per heavy atom. The molecule has 2 aromatic rings. The molecule has 2 rings (SSSR count). The second kappa shape index (κ2) is 7.05. The Bertz CT molecular complexity index is 576. The number of anilines is 1. The van der Waals surface area contributed by atoms with Crippen LogP contribution in [0.4, 0.5) is 10.1 Å². The average Bonchev–Trinajstić information content (AvgIpc) is 2.39. The van der Waals surface area contributed by atoms with E-state index in [1.807, 2.05) is 24.3 Å². The molecule has 0 saturated heterocycles. The zero-order chi connectivity index (χ0) is 14.7. The summed E-state index contributed by atoms with van der Waals surface area (Å²) in [5, 5.41) is 3.49. The summed E-state index contributed by atoms with van der Waals surface area (Å²) in [6.45, 7) is 2.10. The summed E-state index contributed by atoms with van der Waals surface area (Å²) < 4.78 is 16.0. The molecule has 1 nitrogen and oxygen atoms in total. The summed E-state index contributed by atoms with van der Waals surface area (Å²) in [4.78, 5) is 0. The Labute approximate surface area is 143 Å². The molecule has 20 heavy (non-hydrogen) atoms. The summed E-state index contributed by atoms with van der Waals surface area (Å²) in [6.07, 6.45) is 0.903. The van der Waals surface area contributed by atoms with Crippen LogP contribution in [0.25, 0.3) is 0 Å². The van der Waals surface area contributed by atoms with Crippen LogP contribution in [-0.4, -0.2) is 0 Å². The predicted octanol–water partition coefficient (Wildman–Crippen LogP) is 6.68. The lowest BCUT2D eigenvalue weighted by Crippen LogP contribution is -2.10. The first-order valence-electron chi connectivity index (χ1n) is 6.17. The van der Waals surface area contributed by atoms with Crippen molar-refractivity contribution in [1.82, 2.24) is 0 Å². The molecule has 1 unspecified atom stereocenters. The van der Waals surface area contributed by atoms with E-state index >= 15 is 0 Å². The van der Waals surface area contributed by atoms with Crippen LogP contribution < -0.4 is 5.32 Å². The summed E-state index contributed by atoms with van der Waals surface area (Å²) in [5.74, 6) is -0.213. The van der Waals surface area contributed by atoms with Gasteiger partial charge in [-0.25, -0.2) is 4.39 Å². The predicted molar refractivity (Wildman–Crippen MR) is 92.6 cm³/mol. The zero-order valence-corrected chi connectivity index (χ0v) is 15.5. The number of halogens is 4. The molecule has 0 amide bonds. The maximum absolute atomic E-state index is 13.0. The first-order chi connectivity index (χ1) is 9.51. The van der Waals surface area contributed by atoms with Gasteiger partial charge in [0, 0.05) is 13.4 Å². The van der Waals surface area contributed by atoms with E-state index < -0.39 is 0 Å². The second-order valence-corrected chi connectivity index (χ2v) is 7.03. The van der Waals surface area contributed by atoms with Gasteiger partial charge in [-0.2, -0.15) is 0 Å². The molecule has 0 fully saturated rings. The Morgan fingerprint density at radius 2 is 1.60 bits per heavy atom. The molecule has 0 saturated carbocycles. The third-order valence-corrected chi connectivity index (χ3v) is 4.71. The summed E-state index contributed by atoms with van der Waals surface area (Å²) >= 11 is 10.6. The van der Waals surface area contributed by atoms with Gasteiger partial charge >= 0.3 is 0 Å². The highest BCUT2D eigenvalue weighted by Gasteiger charge is 2.13. The number of hydrogen-bond acceptors (Lipinski definition) is 1. The monoisotopic (exact) mass is 463 g/mol. The average molecular weight is 466 g/mol. The van der Waals surface area contributed by atoms with E-state index in [1.165, 1.54) is 12.1 Å². The van der Waals surface area contributed by atoms with E-state index in [9.17, 15) is 4.39 Å². The molecule has 0 aliphatic rings. The van der Waals surface area contributed by atoms with Crippen LogP contribution in [0.15, 0.2) is 49.8 Å². The Kier molecular flexibility index (Phi) is 5.64. The fourth-order valence-electron chi connectivity index (χ4n) is 1.97. The van der Waals surface area contributed by atoms with Crippen molar-refractivity contribution < 1.29 is 4.39 Å². The van der Waals surface area contributed by atoms with Gasteiger partial charge in [-0.3, -0.25) is 0 Å². The van der Waals surface area contributed by atoms with Crippen LogP contribution in [-0.2, 0) is 0 Å².